The lowest BCUT2D eigenvalue weighted by atomic mass is 10.0. The third kappa shape index (κ3) is 4.54. The highest BCUT2D eigenvalue weighted by Crippen LogP contribution is 2.25. The predicted octanol–water partition coefficient (Wildman–Crippen LogP) is 4.59. The summed E-state index contributed by atoms with van der Waals surface area (Å²) >= 11 is 5.95. The molecule has 0 aromatic heterocycles. The summed E-state index contributed by atoms with van der Waals surface area (Å²) < 4.78 is 19.2. The van der Waals surface area contributed by atoms with E-state index in [0.717, 1.165) is 31.2 Å². The minimum absolute atomic E-state index is 0.0789. The molecular weight excluding hydrogens is 355 g/mol. The zero-order valence-electron chi connectivity index (χ0n) is 14.8. The van der Waals surface area contributed by atoms with Gasteiger partial charge in [0.2, 0.25) is 0 Å². The van der Waals surface area contributed by atoms with Gasteiger partial charge in [-0.1, -0.05) is 17.7 Å². The van der Waals surface area contributed by atoms with Crippen LogP contribution in [-0.2, 0) is 0 Å². The number of likely N-dealkylation sites (tertiary alicyclic amines) is 1. The molecule has 6 heteroatoms. The number of nitrogens with one attached hydrogen (secondary N) is 1. The Hall–Kier alpha value is -2.11. The second kappa shape index (κ2) is 8.06. The van der Waals surface area contributed by atoms with Crippen molar-refractivity contribution in [3.63, 3.8) is 0 Å². The molecule has 1 heterocycles. The predicted molar refractivity (Wildman–Crippen MR) is 102 cm³/mol. The molecule has 1 saturated heterocycles. The van der Waals surface area contributed by atoms with Crippen molar-refractivity contribution in [2.75, 3.05) is 18.9 Å². The highest BCUT2D eigenvalue weighted by Gasteiger charge is 2.24. The molecule has 1 fully saturated rings. The zero-order valence-corrected chi connectivity index (χ0v) is 15.6. The van der Waals surface area contributed by atoms with Gasteiger partial charge >= 0.3 is 0 Å². The maximum Gasteiger partial charge on any atom is 0.257 e. The third-order valence-corrected chi connectivity index (χ3v) is 5.04. The van der Waals surface area contributed by atoms with Gasteiger partial charge in [-0.15, -0.1) is 0 Å². The molecule has 1 N–H and O–H groups in total. The maximum atomic E-state index is 13.1. The standard InChI is InChI=1S/C20H22ClFN2O2/c1-13-10-17(8-9-24(13)2)26-16-5-3-4-15(12-16)23-20(25)18-7-6-14(22)11-19(18)21/h3-7,11-13,17H,8-10H2,1-2H3,(H,23,25). The van der Waals surface area contributed by atoms with Crippen LogP contribution < -0.4 is 10.1 Å². The van der Waals surface area contributed by atoms with E-state index < -0.39 is 5.82 Å². The molecule has 0 saturated carbocycles. The van der Waals surface area contributed by atoms with E-state index in [1.807, 2.05) is 12.1 Å². The summed E-state index contributed by atoms with van der Waals surface area (Å²) in [4.78, 5) is 14.7. The van der Waals surface area contributed by atoms with Gasteiger partial charge < -0.3 is 15.0 Å². The number of nitrogens with zero attached hydrogens (tertiary/aromatic N) is 1. The molecule has 2 unspecified atom stereocenters. The van der Waals surface area contributed by atoms with Crippen LogP contribution in [0.5, 0.6) is 5.75 Å². The molecule has 3 rings (SSSR count). The summed E-state index contributed by atoms with van der Waals surface area (Å²) in [5.74, 6) is -0.149. The number of halogens is 2. The van der Waals surface area contributed by atoms with E-state index in [4.69, 9.17) is 16.3 Å². The number of rotatable bonds is 4. The van der Waals surface area contributed by atoms with E-state index in [-0.39, 0.29) is 22.6 Å². The summed E-state index contributed by atoms with van der Waals surface area (Å²) in [6.07, 6.45) is 2.11. The Labute approximate surface area is 157 Å². The summed E-state index contributed by atoms with van der Waals surface area (Å²) in [5, 5.41) is 2.86. The van der Waals surface area contributed by atoms with E-state index >= 15 is 0 Å². The average molecular weight is 377 g/mol. The van der Waals surface area contributed by atoms with Gasteiger partial charge in [-0.25, -0.2) is 4.39 Å². The van der Waals surface area contributed by atoms with E-state index in [0.29, 0.717) is 11.7 Å². The number of anilines is 1. The Bertz CT molecular complexity index is 799. The van der Waals surface area contributed by atoms with Crippen LogP contribution in [0.3, 0.4) is 0 Å². The van der Waals surface area contributed by atoms with Crippen molar-refractivity contribution in [1.29, 1.82) is 0 Å². The molecule has 1 amide bonds. The lowest BCUT2D eigenvalue weighted by Gasteiger charge is -2.35. The molecule has 0 bridgehead atoms. The normalized spacial score (nSPS) is 20.6. The van der Waals surface area contributed by atoms with Crippen molar-refractivity contribution < 1.29 is 13.9 Å². The Morgan fingerprint density at radius 3 is 2.85 bits per heavy atom. The molecule has 0 radical (unpaired) electrons. The first kappa shape index (κ1) is 18.7. The van der Waals surface area contributed by atoms with Gasteiger partial charge in [-0.3, -0.25) is 4.79 Å². The fraction of sp³-hybridized carbons (Fsp3) is 0.350. The van der Waals surface area contributed by atoms with Crippen molar-refractivity contribution in [3.8, 4) is 5.75 Å². The van der Waals surface area contributed by atoms with Crippen LogP contribution in [-0.4, -0.2) is 36.5 Å². The quantitative estimate of drug-likeness (QED) is 0.848. The highest BCUT2D eigenvalue weighted by atomic mass is 35.5. The van der Waals surface area contributed by atoms with Gasteiger partial charge in [0.1, 0.15) is 17.7 Å². The summed E-state index contributed by atoms with van der Waals surface area (Å²) in [7, 11) is 2.12. The first-order chi connectivity index (χ1) is 12.4. The molecule has 2 aromatic rings. The molecule has 2 atom stereocenters. The second-order valence-corrected chi connectivity index (χ2v) is 7.11. The molecule has 26 heavy (non-hydrogen) atoms. The van der Waals surface area contributed by atoms with Crippen molar-refractivity contribution >= 4 is 23.2 Å². The number of amides is 1. The van der Waals surface area contributed by atoms with Gasteiger partial charge in [-0.2, -0.15) is 0 Å². The fourth-order valence-corrected chi connectivity index (χ4v) is 3.32. The molecule has 4 nitrogen and oxygen atoms in total. The number of piperidine rings is 1. The Morgan fingerprint density at radius 1 is 1.31 bits per heavy atom. The van der Waals surface area contributed by atoms with Crippen LogP contribution in [0.1, 0.15) is 30.1 Å². The minimum Gasteiger partial charge on any atom is -0.490 e. The third-order valence-electron chi connectivity index (χ3n) is 4.73. The van der Waals surface area contributed by atoms with Crippen molar-refractivity contribution in [1.82, 2.24) is 4.90 Å². The van der Waals surface area contributed by atoms with Crippen molar-refractivity contribution in [2.24, 2.45) is 0 Å². The molecule has 1 aliphatic heterocycles. The van der Waals surface area contributed by atoms with Crippen LogP contribution in [0.2, 0.25) is 5.02 Å². The van der Waals surface area contributed by atoms with E-state index in [1.165, 1.54) is 12.1 Å². The SMILES string of the molecule is CC1CC(Oc2cccc(NC(=O)c3ccc(F)cc3Cl)c2)CCN1C. The molecule has 0 aliphatic carbocycles. The molecule has 0 spiro atoms. The Morgan fingerprint density at radius 2 is 2.12 bits per heavy atom. The van der Waals surface area contributed by atoms with Crippen LogP contribution >= 0.6 is 11.6 Å². The maximum absolute atomic E-state index is 13.1. The minimum atomic E-state index is -0.477. The Kier molecular flexibility index (Phi) is 5.79. The van der Waals surface area contributed by atoms with Gasteiger partial charge in [0.15, 0.2) is 0 Å². The largest absolute Gasteiger partial charge is 0.490 e. The molecule has 138 valence electrons. The first-order valence-corrected chi connectivity index (χ1v) is 9.03. The summed E-state index contributed by atoms with van der Waals surface area (Å²) in [6.45, 7) is 3.20. The number of hydrogen-bond acceptors (Lipinski definition) is 3. The smallest absolute Gasteiger partial charge is 0.257 e. The monoisotopic (exact) mass is 376 g/mol. The number of hydrogen-bond donors (Lipinski definition) is 1. The lowest BCUT2D eigenvalue weighted by Crippen LogP contribution is -2.41. The zero-order chi connectivity index (χ0) is 18.7. The lowest BCUT2D eigenvalue weighted by molar-refractivity contribution is 0.0791. The fourth-order valence-electron chi connectivity index (χ4n) is 3.06. The van der Waals surface area contributed by atoms with Crippen LogP contribution in [0, 0.1) is 5.82 Å². The van der Waals surface area contributed by atoms with E-state index in [1.54, 1.807) is 12.1 Å². The number of carbonyl (C=O) groups excluding carboxylic acids is 1. The molecular formula is C20H22ClFN2O2. The van der Waals surface area contributed by atoms with Gasteiger partial charge in [0, 0.05) is 24.3 Å². The van der Waals surface area contributed by atoms with Crippen LogP contribution in [0.4, 0.5) is 10.1 Å². The summed E-state index contributed by atoms with van der Waals surface area (Å²) in [5.41, 5.74) is 0.831. The molecule has 1 aliphatic rings. The number of carbonyl (C=O) groups is 1. The van der Waals surface area contributed by atoms with Crippen LogP contribution in [0.15, 0.2) is 42.5 Å². The van der Waals surface area contributed by atoms with E-state index in [2.05, 4.69) is 24.2 Å². The second-order valence-electron chi connectivity index (χ2n) is 6.70. The van der Waals surface area contributed by atoms with Crippen molar-refractivity contribution in [3.05, 3.63) is 58.9 Å². The highest BCUT2D eigenvalue weighted by molar-refractivity contribution is 6.34. The number of benzene rings is 2. The topological polar surface area (TPSA) is 41.6 Å². The van der Waals surface area contributed by atoms with Gasteiger partial charge in [0.05, 0.1) is 10.6 Å². The van der Waals surface area contributed by atoms with Crippen LogP contribution in [0.25, 0.3) is 0 Å². The van der Waals surface area contributed by atoms with Crippen molar-refractivity contribution in [2.45, 2.75) is 31.9 Å². The average Bonchev–Trinajstić information content (AvgIpc) is 2.58. The Balaban J connectivity index is 1.66. The molecule has 2 aromatic carbocycles. The van der Waals surface area contributed by atoms with Gasteiger partial charge in [-0.05, 0) is 57.1 Å². The summed E-state index contributed by atoms with van der Waals surface area (Å²) in [6, 6.07) is 11.5. The first-order valence-electron chi connectivity index (χ1n) is 8.66. The number of ether oxygens (including phenoxy) is 1. The van der Waals surface area contributed by atoms with Gasteiger partial charge in [0.25, 0.3) is 5.91 Å². The van der Waals surface area contributed by atoms with E-state index in [9.17, 15) is 9.18 Å².